The highest BCUT2D eigenvalue weighted by Gasteiger charge is 2.24. The molecular formula is C24H28N4O3. The number of nitrogens with one attached hydrogen (secondary N) is 1. The van der Waals surface area contributed by atoms with Gasteiger partial charge in [0, 0.05) is 43.0 Å². The second-order valence-corrected chi connectivity index (χ2v) is 7.74. The first kappa shape index (κ1) is 21.1. The highest BCUT2D eigenvalue weighted by molar-refractivity contribution is 5.57. The molecule has 1 aliphatic rings. The van der Waals surface area contributed by atoms with Crippen molar-refractivity contribution in [2.24, 2.45) is 0 Å². The van der Waals surface area contributed by atoms with E-state index in [0.717, 1.165) is 55.4 Å². The number of pyridine rings is 1. The van der Waals surface area contributed by atoms with Crippen molar-refractivity contribution in [3.05, 3.63) is 70.5 Å². The van der Waals surface area contributed by atoms with E-state index in [1.54, 1.807) is 25.6 Å². The Morgan fingerprint density at radius 2 is 2.00 bits per heavy atom. The average molecular weight is 421 g/mol. The zero-order chi connectivity index (χ0) is 21.6. The highest BCUT2D eigenvalue weighted by atomic mass is 16.5. The minimum atomic E-state index is -0.120. The van der Waals surface area contributed by atoms with Gasteiger partial charge in [0.1, 0.15) is 5.82 Å². The molecule has 2 aromatic heterocycles. The fourth-order valence-electron chi connectivity index (χ4n) is 4.11. The molecule has 1 N–H and O–H groups in total. The summed E-state index contributed by atoms with van der Waals surface area (Å²) >= 11 is 0. The SMILES string of the molecule is CCOc1cc(CN2CCC[C@@H](c3nc(-c4ccncc4)cc(=O)[nH]3)C2)ccc1OC. The van der Waals surface area contributed by atoms with Crippen LogP contribution in [-0.2, 0) is 6.54 Å². The summed E-state index contributed by atoms with van der Waals surface area (Å²) in [5, 5.41) is 0. The third-order valence-corrected chi connectivity index (χ3v) is 5.56. The molecular weight excluding hydrogens is 392 g/mol. The predicted molar refractivity (Wildman–Crippen MR) is 120 cm³/mol. The van der Waals surface area contributed by atoms with Gasteiger partial charge in [-0.25, -0.2) is 4.98 Å². The topological polar surface area (TPSA) is 80.3 Å². The van der Waals surface area contributed by atoms with Gasteiger partial charge in [0.05, 0.1) is 19.4 Å². The second kappa shape index (κ2) is 9.75. The third-order valence-electron chi connectivity index (χ3n) is 5.56. The molecule has 3 heterocycles. The van der Waals surface area contributed by atoms with E-state index in [-0.39, 0.29) is 11.5 Å². The van der Waals surface area contributed by atoms with Crippen LogP contribution in [0.15, 0.2) is 53.6 Å². The second-order valence-electron chi connectivity index (χ2n) is 7.74. The van der Waals surface area contributed by atoms with Crippen molar-refractivity contribution < 1.29 is 9.47 Å². The van der Waals surface area contributed by atoms with Crippen molar-refractivity contribution in [2.45, 2.75) is 32.2 Å². The number of H-pyrrole nitrogens is 1. The molecule has 0 unspecified atom stereocenters. The van der Waals surface area contributed by atoms with Crippen LogP contribution >= 0.6 is 0 Å². The number of hydrogen-bond acceptors (Lipinski definition) is 6. The number of aromatic amines is 1. The van der Waals surface area contributed by atoms with Crippen LogP contribution in [0.2, 0.25) is 0 Å². The summed E-state index contributed by atoms with van der Waals surface area (Å²) in [5.74, 6) is 2.46. The molecule has 0 saturated carbocycles. The van der Waals surface area contributed by atoms with Crippen LogP contribution in [0.1, 0.15) is 37.1 Å². The summed E-state index contributed by atoms with van der Waals surface area (Å²) in [6.45, 7) is 5.24. The number of likely N-dealkylation sites (tertiary alicyclic amines) is 1. The van der Waals surface area contributed by atoms with E-state index in [0.29, 0.717) is 12.3 Å². The molecule has 0 bridgehead atoms. The lowest BCUT2D eigenvalue weighted by Crippen LogP contribution is -2.35. The molecule has 1 saturated heterocycles. The molecule has 0 radical (unpaired) electrons. The summed E-state index contributed by atoms with van der Waals surface area (Å²) in [7, 11) is 1.65. The van der Waals surface area contributed by atoms with Crippen molar-refractivity contribution in [1.82, 2.24) is 19.9 Å². The van der Waals surface area contributed by atoms with Crippen LogP contribution in [0.25, 0.3) is 11.3 Å². The Morgan fingerprint density at radius 1 is 1.16 bits per heavy atom. The Kier molecular flexibility index (Phi) is 6.62. The Morgan fingerprint density at radius 3 is 2.77 bits per heavy atom. The average Bonchev–Trinajstić information content (AvgIpc) is 2.80. The van der Waals surface area contributed by atoms with E-state index in [4.69, 9.17) is 14.5 Å². The van der Waals surface area contributed by atoms with Gasteiger partial charge in [0.15, 0.2) is 11.5 Å². The fraction of sp³-hybridized carbons (Fsp3) is 0.375. The van der Waals surface area contributed by atoms with Gasteiger partial charge < -0.3 is 14.5 Å². The van der Waals surface area contributed by atoms with Crippen LogP contribution in [0.3, 0.4) is 0 Å². The largest absolute Gasteiger partial charge is 0.493 e. The van der Waals surface area contributed by atoms with Gasteiger partial charge in [0.25, 0.3) is 5.56 Å². The number of benzene rings is 1. The first-order valence-corrected chi connectivity index (χ1v) is 10.7. The number of aromatic nitrogens is 3. The van der Waals surface area contributed by atoms with Crippen LogP contribution in [-0.4, -0.2) is 46.7 Å². The van der Waals surface area contributed by atoms with E-state index in [1.807, 2.05) is 25.1 Å². The number of rotatable bonds is 7. The maximum Gasteiger partial charge on any atom is 0.251 e. The van der Waals surface area contributed by atoms with Crippen LogP contribution in [0, 0.1) is 0 Å². The molecule has 31 heavy (non-hydrogen) atoms. The van der Waals surface area contributed by atoms with Gasteiger partial charge in [0.2, 0.25) is 0 Å². The van der Waals surface area contributed by atoms with Crippen LogP contribution < -0.4 is 15.0 Å². The Labute approximate surface area is 182 Å². The first-order valence-electron chi connectivity index (χ1n) is 10.7. The number of piperidine rings is 1. The molecule has 4 rings (SSSR count). The molecule has 162 valence electrons. The standard InChI is InChI=1S/C24H28N4O3/c1-3-31-22-13-17(6-7-21(22)30-2)15-28-12-4-5-19(16-28)24-26-20(14-23(29)27-24)18-8-10-25-11-9-18/h6-11,13-14,19H,3-5,12,15-16H2,1-2H3,(H,26,27,29)/t19-/m1/s1. The number of nitrogens with zero attached hydrogens (tertiary/aromatic N) is 3. The van der Waals surface area contributed by atoms with Crippen molar-refractivity contribution in [1.29, 1.82) is 0 Å². The molecule has 7 nitrogen and oxygen atoms in total. The van der Waals surface area contributed by atoms with Crippen molar-refractivity contribution in [3.63, 3.8) is 0 Å². The molecule has 1 fully saturated rings. The first-order chi connectivity index (χ1) is 15.2. The zero-order valence-corrected chi connectivity index (χ0v) is 18.0. The molecule has 3 aromatic rings. The van der Waals surface area contributed by atoms with Crippen LogP contribution in [0.5, 0.6) is 11.5 Å². The predicted octanol–water partition coefficient (Wildman–Crippen LogP) is 3.62. The molecule has 1 aliphatic heterocycles. The Bertz CT molecular complexity index is 1070. The highest BCUT2D eigenvalue weighted by Crippen LogP contribution is 2.30. The number of ether oxygens (including phenoxy) is 2. The molecule has 0 amide bonds. The number of methoxy groups -OCH3 is 1. The minimum absolute atomic E-state index is 0.120. The van der Waals surface area contributed by atoms with E-state index in [9.17, 15) is 4.79 Å². The zero-order valence-electron chi connectivity index (χ0n) is 18.0. The fourth-order valence-corrected chi connectivity index (χ4v) is 4.11. The smallest absolute Gasteiger partial charge is 0.251 e. The van der Waals surface area contributed by atoms with Gasteiger partial charge in [-0.05, 0) is 56.1 Å². The lowest BCUT2D eigenvalue weighted by Gasteiger charge is -2.32. The lowest BCUT2D eigenvalue weighted by molar-refractivity contribution is 0.196. The van der Waals surface area contributed by atoms with E-state index < -0.39 is 0 Å². The van der Waals surface area contributed by atoms with E-state index in [2.05, 4.69) is 27.0 Å². The van der Waals surface area contributed by atoms with Gasteiger partial charge in [-0.15, -0.1) is 0 Å². The van der Waals surface area contributed by atoms with Gasteiger partial charge >= 0.3 is 0 Å². The molecule has 0 spiro atoms. The molecule has 0 aliphatic carbocycles. The van der Waals surface area contributed by atoms with E-state index >= 15 is 0 Å². The lowest BCUT2D eigenvalue weighted by atomic mass is 9.96. The van der Waals surface area contributed by atoms with Crippen molar-refractivity contribution in [2.75, 3.05) is 26.8 Å². The van der Waals surface area contributed by atoms with Gasteiger partial charge in [-0.1, -0.05) is 6.07 Å². The molecule has 1 aromatic carbocycles. The maximum absolute atomic E-state index is 12.3. The van der Waals surface area contributed by atoms with Gasteiger partial charge in [-0.3, -0.25) is 14.7 Å². The summed E-state index contributed by atoms with van der Waals surface area (Å²) in [6, 6.07) is 11.4. The van der Waals surface area contributed by atoms with Crippen LogP contribution in [0.4, 0.5) is 0 Å². The van der Waals surface area contributed by atoms with Gasteiger partial charge in [-0.2, -0.15) is 0 Å². The van der Waals surface area contributed by atoms with Crippen molar-refractivity contribution in [3.8, 4) is 22.8 Å². The molecule has 1 atom stereocenters. The quantitative estimate of drug-likeness (QED) is 0.629. The normalized spacial score (nSPS) is 16.8. The maximum atomic E-state index is 12.3. The van der Waals surface area contributed by atoms with E-state index in [1.165, 1.54) is 5.56 Å². The summed E-state index contributed by atoms with van der Waals surface area (Å²) in [5.41, 5.74) is 2.65. The van der Waals surface area contributed by atoms with Crippen molar-refractivity contribution >= 4 is 0 Å². The number of hydrogen-bond donors (Lipinski definition) is 1. The molecule has 7 heteroatoms. The monoisotopic (exact) mass is 420 g/mol. The Hall–Kier alpha value is -3.19. The minimum Gasteiger partial charge on any atom is -0.493 e. The third kappa shape index (κ3) is 5.11. The summed E-state index contributed by atoms with van der Waals surface area (Å²) in [6.07, 6.45) is 5.49. The summed E-state index contributed by atoms with van der Waals surface area (Å²) in [4.78, 5) is 26.5. The Balaban J connectivity index is 1.51. The summed E-state index contributed by atoms with van der Waals surface area (Å²) < 4.78 is 11.1.